The Bertz CT molecular complexity index is 568. The second kappa shape index (κ2) is 6.31. The Labute approximate surface area is 121 Å². The average molecular weight is 323 g/mol. The average Bonchev–Trinajstić information content (AvgIpc) is 2.34. The number of aryl methyl sites for hydroxylation is 1. The van der Waals surface area contributed by atoms with E-state index >= 15 is 0 Å². The topological polar surface area (TPSA) is 20.2 Å². The van der Waals surface area contributed by atoms with Crippen LogP contribution in [0.2, 0.25) is 0 Å². The second-order valence-corrected chi connectivity index (χ2v) is 5.68. The molecule has 1 atom stereocenters. The number of halogens is 2. The molecule has 0 heterocycles. The first-order chi connectivity index (χ1) is 9.04. The molecule has 100 valence electrons. The van der Waals surface area contributed by atoms with Crippen LogP contribution in [0.15, 0.2) is 46.9 Å². The minimum atomic E-state index is -0.505. The highest BCUT2D eigenvalue weighted by Crippen LogP contribution is 2.17. The lowest BCUT2D eigenvalue weighted by Crippen LogP contribution is -2.14. The SMILES string of the molecule is Cc1ccc(F)cc1CC(O)Cc1cccc(Br)c1. The highest BCUT2D eigenvalue weighted by atomic mass is 79.9. The van der Waals surface area contributed by atoms with Crippen LogP contribution in [-0.4, -0.2) is 11.2 Å². The van der Waals surface area contributed by atoms with E-state index in [0.29, 0.717) is 12.8 Å². The Morgan fingerprint density at radius 1 is 1.16 bits per heavy atom. The van der Waals surface area contributed by atoms with Crippen molar-refractivity contribution < 1.29 is 9.50 Å². The van der Waals surface area contributed by atoms with E-state index < -0.39 is 6.10 Å². The Balaban J connectivity index is 2.05. The molecule has 19 heavy (non-hydrogen) atoms. The van der Waals surface area contributed by atoms with Gasteiger partial charge >= 0.3 is 0 Å². The van der Waals surface area contributed by atoms with Gasteiger partial charge in [0.15, 0.2) is 0 Å². The van der Waals surface area contributed by atoms with Gasteiger partial charge in [-0.3, -0.25) is 0 Å². The summed E-state index contributed by atoms with van der Waals surface area (Å²) in [5.74, 6) is -0.254. The summed E-state index contributed by atoms with van der Waals surface area (Å²) in [6, 6.07) is 12.6. The first-order valence-electron chi connectivity index (χ1n) is 6.22. The van der Waals surface area contributed by atoms with Crippen LogP contribution < -0.4 is 0 Å². The van der Waals surface area contributed by atoms with Gasteiger partial charge in [-0.15, -0.1) is 0 Å². The van der Waals surface area contributed by atoms with E-state index in [1.807, 2.05) is 31.2 Å². The van der Waals surface area contributed by atoms with E-state index in [2.05, 4.69) is 15.9 Å². The molecule has 1 nitrogen and oxygen atoms in total. The molecule has 0 fully saturated rings. The molecule has 0 saturated heterocycles. The fraction of sp³-hybridized carbons (Fsp3) is 0.250. The van der Waals surface area contributed by atoms with Crippen LogP contribution in [-0.2, 0) is 12.8 Å². The van der Waals surface area contributed by atoms with Crippen molar-refractivity contribution in [3.05, 3.63) is 69.4 Å². The molecule has 1 N–H and O–H groups in total. The molecular formula is C16H16BrFO. The van der Waals surface area contributed by atoms with E-state index in [4.69, 9.17) is 0 Å². The van der Waals surface area contributed by atoms with Gasteiger partial charge in [0.1, 0.15) is 5.82 Å². The molecule has 0 radical (unpaired) electrons. The Hall–Kier alpha value is -1.19. The highest BCUT2D eigenvalue weighted by Gasteiger charge is 2.10. The molecule has 0 amide bonds. The van der Waals surface area contributed by atoms with Crippen LogP contribution in [0.4, 0.5) is 4.39 Å². The third-order valence-electron chi connectivity index (χ3n) is 3.13. The molecular weight excluding hydrogens is 307 g/mol. The van der Waals surface area contributed by atoms with Crippen LogP contribution in [0.5, 0.6) is 0 Å². The fourth-order valence-corrected chi connectivity index (χ4v) is 2.57. The monoisotopic (exact) mass is 322 g/mol. The first-order valence-corrected chi connectivity index (χ1v) is 7.01. The predicted octanol–water partition coefficient (Wildman–Crippen LogP) is 4.04. The smallest absolute Gasteiger partial charge is 0.123 e. The molecule has 0 aromatic heterocycles. The lowest BCUT2D eigenvalue weighted by Gasteiger charge is -2.13. The summed E-state index contributed by atoms with van der Waals surface area (Å²) in [5, 5.41) is 10.1. The minimum Gasteiger partial charge on any atom is -0.392 e. The van der Waals surface area contributed by atoms with E-state index in [-0.39, 0.29) is 5.82 Å². The van der Waals surface area contributed by atoms with E-state index in [1.165, 1.54) is 12.1 Å². The zero-order chi connectivity index (χ0) is 13.8. The van der Waals surface area contributed by atoms with Crippen molar-refractivity contribution in [3.63, 3.8) is 0 Å². The molecule has 0 aliphatic rings. The third-order valence-corrected chi connectivity index (χ3v) is 3.62. The molecule has 2 aromatic carbocycles. The molecule has 0 saturated carbocycles. The molecule has 2 rings (SSSR count). The quantitative estimate of drug-likeness (QED) is 0.900. The molecule has 0 spiro atoms. The van der Waals surface area contributed by atoms with Crippen molar-refractivity contribution >= 4 is 15.9 Å². The maximum atomic E-state index is 13.2. The van der Waals surface area contributed by atoms with Gasteiger partial charge in [-0.2, -0.15) is 0 Å². The van der Waals surface area contributed by atoms with Gasteiger partial charge < -0.3 is 5.11 Å². The molecule has 0 aliphatic heterocycles. The van der Waals surface area contributed by atoms with Gasteiger partial charge in [0.05, 0.1) is 6.10 Å². The first kappa shape index (κ1) is 14.2. The standard InChI is InChI=1S/C16H16BrFO/c1-11-5-6-15(18)9-13(11)10-16(19)8-12-3-2-4-14(17)7-12/h2-7,9,16,19H,8,10H2,1H3. The predicted molar refractivity (Wildman–Crippen MR) is 78.7 cm³/mol. The summed E-state index contributed by atoms with van der Waals surface area (Å²) >= 11 is 3.41. The maximum absolute atomic E-state index is 13.2. The molecule has 1 unspecified atom stereocenters. The highest BCUT2D eigenvalue weighted by molar-refractivity contribution is 9.10. The van der Waals surface area contributed by atoms with Crippen LogP contribution in [0.25, 0.3) is 0 Å². The minimum absolute atomic E-state index is 0.254. The lowest BCUT2D eigenvalue weighted by molar-refractivity contribution is 0.175. The van der Waals surface area contributed by atoms with Gasteiger partial charge in [-0.25, -0.2) is 4.39 Å². The van der Waals surface area contributed by atoms with Gasteiger partial charge in [0, 0.05) is 4.47 Å². The zero-order valence-corrected chi connectivity index (χ0v) is 12.3. The van der Waals surface area contributed by atoms with Crippen LogP contribution in [0, 0.1) is 12.7 Å². The second-order valence-electron chi connectivity index (χ2n) is 4.76. The summed E-state index contributed by atoms with van der Waals surface area (Å²) in [4.78, 5) is 0. The number of hydrogen-bond acceptors (Lipinski definition) is 1. The number of aliphatic hydroxyl groups is 1. The van der Waals surface area contributed by atoms with Crippen molar-refractivity contribution in [2.24, 2.45) is 0 Å². The molecule has 3 heteroatoms. The Morgan fingerprint density at radius 3 is 2.68 bits per heavy atom. The number of benzene rings is 2. The molecule has 0 bridgehead atoms. The normalized spacial score (nSPS) is 12.4. The van der Waals surface area contributed by atoms with E-state index in [9.17, 15) is 9.50 Å². The molecule has 0 aliphatic carbocycles. The maximum Gasteiger partial charge on any atom is 0.123 e. The number of rotatable bonds is 4. The van der Waals surface area contributed by atoms with Crippen LogP contribution in [0.3, 0.4) is 0 Å². The third kappa shape index (κ3) is 4.15. The van der Waals surface area contributed by atoms with Gasteiger partial charge in [-0.1, -0.05) is 34.1 Å². The summed E-state index contributed by atoms with van der Waals surface area (Å²) in [6.45, 7) is 1.93. The summed E-state index contributed by atoms with van der Waals surface area (Å²) in [7, 11) is 0. The van der Waals surface area contributed by atoms with Crippen molar-refractivity contribution in [2.45, 2.75) is 25.9 Å². The largest absolute Gasteiger partial charge is 0.392 e. The summed E-state index contributed by atoms with van der Waals surface area (Å²) in [6.07, 6.45) is 0.528. The lowest BCUT2D eigenvalue weighted by atomic mass is 9.98. The Kier molecular flexibility index (Phi) is 4.72. The van der Waals surface area contributed by atoms with Crippen molar-refractivity contribution in [2.75, 3.05) is 0 Å². The van der Waals surface area contributed by atoms with Crippen molar-refractivity contribution in [1.29, 1.82) is 0 Å². The Morgan fingerprint density at radius 2 is 1.95 bits per heavy atom. The number of hydrogen-bond donors (Lipinski definition) is 1. The van der Waals surface area contributed by atoms with E-state index in [0.717, 1.165) is 21.2 Å². The summed E-state index contributed by atoms with van der Waals surface area (Å²) < 4.78 is 14.2. The zero-order valence-electron chi connectivity index (χ0n) is 10.7. The van der Waals surface area contributed by atoms with Crippen LogP contribution >= 0.6 is 15.9 Å². The van der Waals surface area contributed by atoms with Crippen LogP contribution in [0.1, 0.15) is 16.7 Å². The summed E-state index contributed by atoms with van der Waals surface area (Å²) in [5.41, 5.74) is 2.94. The van der Waals surface area contributed by atoms with Crippen molar-refractivity contribution in [3.8, 4) is 0 Å². The van der Waals surface area contributed by atoms with Gasteiger partial charge in [0.25, 0.3) is 0 Å². The number of aliphatic hydroxyl groups excluding tert-OH is 1. The van der Waals surface area contributed by atoms with Gasteiger partial charge in [0.2, 0.25) is 0 Å². The van der Waals surface area contributed by atoms with E-state index in [1.54, 1.807) is 6.07 Å². The van der Waals surface area contributed by atoms with Crippen molar-refractivity contribution in [1.82, 2.24) is 0 Å². The van der Waals surface area contributed by atoms with Gasteiger partial charge in [-0.05, 0) is 60.7 Å². The molecule has 2 aromatic rings. The fourth-order valence-electron chi connectivity index (χ4n) is 2.12.